The Balaban J connectivity index is -0.000000322. The van der Waals surface area contributed by atoms with Gasteiger partial charge in [-0.15, -0.1) is 0 Å². The molecule has 0 heterocycles. The van der Waals surface area contributed by atoms with Crippen LogP contribution >= 0.6 is 0 Å². The van der Waals surface area contributed by atoms with Crippen LogP contribution in [0.4, 0.5) is 0 Å². The number of methoxy groups -OCH3 is 3. The highest BCUT2D eigenvalue weighted by atomic mass is 16.5. The third-order valence-electron chi connectivity index (χ3n) is 3.19. The molecule has 0 aromatic carbocycles. The molecule has 0 atom stereocenters. The van der Waals surface area contributed by atoms with E-state index in [0.29, 0.717) is 32.5 Å². The number of carbonyl (C=O) groups is 3. The van der Waals surface area contributed by atoms with Crippen LogP contribution in [-0.4, -0.2) is 96.2 Å². The smallest absolute Gasteiger partial charge is 0.222 e. The molecule has 0 rings (SSSR count). The van der Waals surface area contributed by atoms with E-state index in [2.05, 4.69) is 0 Å². The van der Waals surface area contributed by atoms with Crippen LogP contribution in [0.25, 0.3) is 0 Å². The zero-order chi connectivity index (χ0) is 21.8. The first kappa shape index (κ1) is 30.2. The first-order valence-corrected chi connectivity index (χ1v) is 8.97. The van der Waals surface area contributed by atoms with Crippen molar-refractivity contribution in [3.8, 4) is 0 Å². The van der Waals surface area contributed by atoms with Crippen molar-refractivity contribution in [3.05, 3.63) is 0 Å². The van der Waals surface area contributed by atoms with Crippen LogP contribution in [0.1, 0.15) is 39.5 Å². The number of Topliss-reactive ketones (excluding diaryl/α,β-unsaturated/α-hetero) is 1. The first-order valence-electron chi connectivity index (χ1n) is 8.97. The first-order chi connectivity index (χ1) is 12.6. The molecule has 0 bridgehead atoms. The molecule has 2 amide bonds. The number of amides is 2. The monoisotopic (exact) mass is 392 g/mol. The lowest BCUT2D eigenvalue weighted by molar-refractivity contribution is -0.130. The Hall–Kier alpha value is -1.51. The largest absolute Gasteiger partial charge is 0.382 e. The Morgan fingerprint density at radius 2 is 1.19 bits per heavy atom. The van der Waals surface area contributed by atoms with E-state index in [9.17, 15) is 14.4 Å². The molecule has 0 saturated heterocycles. The van der Waals surface area contributed by atoms with Crippen molar-refractivity contribution in [2.24, 2.45) is 0 Å². The molecule has 0 aromatic rings. The molecule has 0 N–H and O–H groups in total. The lowest BCUT2D eigenvalue weighted by Crippen LogP contribution is -2.22. The average Bonchev–Trinajstić information content (AvgIpc) is 2.60. The minimum Gasteiger partial charge on any atom is -0.382 e. The highest BCUT2D eigenvalue weighted by Gasteiger charge is 2.04. The molecule has 0 aromatic heterocycles. The maximum atomic E-state index is 10.8. The highest BCUT2D eigenvalue weighted by molar-refractivity contribution is 5.83. The Kier molecular flexibility index (Phi) is 23.3. The van der Waals surface area contributed by atoms with E-state index in [4.69, 9.17) is 14.2 Å². The Bertz CT molecular complexity index is 380. The summed E-state index contributed by atoms with van der Waals surface area (Å²) in [7, 11) is 11.8. The fourth-order valence-corrected chi connectivity index (χ4v) is 1.50. The van der Waals surface area contributed by atoms with Crippen molar-refractivity contribution < 1.29 is 28.6 Å². The van der Waals surface area contributed by atoms with Gasteiger partial charge in [0.15, 0.2) is 0 Å². The fraction of sp³-hybridized carbons (Fsp3) is 0.842. The van der Waals surface area contributed by atoms with E-state index in [1.807, 2.05) is 6.92 Å². The van der Waals surface area contributed by atoms with Crippen molar-refractivity contribution in [2.45, 2.75) is 45.6 Å². The van der Waals surface area contributed by atoms with E-state index in [-0.39, 0.29) is 23.7 Å². The third kappa shape index (κ3) is 24.5. The van der Waals surface area contributed by atoms with E-state index >= 15 is 0 Å². The SMILES string of the molecule is CC(=O)CCC(=O)N(C)C.CCCC(=O)N(C)C.COCC(COC)OC. The van der Waals surface area contributed by atoms with Gasteiger partial charge in [-0.05, 0) is 13.3 Å². The van der Waals surface area contributed by atoms with Crippen molar-refractivity contribution in [1.82, 2.24) is 9.80 Å². The summed E-state index contributed by atoms with van der Waals surface area (Å²) in [6.07, 6.45) is 2.38. The molecule has 0 radical (unpaired) electrons. The maximum absolute atomic E-state index is 10.8. The van der Waals surface area contributed by atoms with Crippen LogP contribution in [-0.2, 0) is 28.6 Å². The topological polar surface area (TPSA) is 85.4 Å². The van der Waals surface area contributed by atoms with Crippen LogP contribution in [0, 0.1) is 0 Å². The number of ketones is 1. The highest BCUT2D eigenvalue weighted by Crippen LogP contribution is 1.93. The number of nitrogens with zero attached hydrogens (tertiary/aromatic N) is 2. The third-order valence-corrected chi connectivity index (χ3v) is 3.19. The molecular formula is C19H40N2O6. The number of ether oxygens (including phenoxy) is 3. The molecule has 0 unspecified atom stereocenters. The lowest BCUT2D eigenvalue weighted by Gasteiger charge is -2.11. The summed E-state index contributed by atoms with van der Waals surface area (Å²) in [5.74, 6) is 0.290. The summed E-state index contributed by atoms with van der Waals surface area (Å²) in [5, 5.41) is 0. The number of hydrogen-bond donors (Lipinski definition) is 0. The Labute approximate surface area is 165 Å². The van der Waals surface area contributed by atoms with Crippen molar-refractivity contribution >= 4 is 17.6 Å². The molecule has 0 saturated carbocycles. The van der Waals surface area contributed by atoms with Gasteiger partial charge in [-0.25, -0.2) is 0 Å². The van der Waals surface area contributed by atoms with Gasteiger partial charge in [0.25, 0.3) is 0 Å². The Morgan fingerprint density at radius 3 is 1.41 bits per heavy atom. The molecule has 0 spiro atoms. The molecule has 0 aliphatic carbocycles. The molecule has 8 nitrogen and oxygen atoms in total. The lowest BCUT2D eigenvalue weighted by atomic mass is 10.2. The Morgan fingerprint density at radius 1 is 0.778 bits per heavy atom. The standard InChI is InChI=1S/C7H13NO2.C6H13NO.C6H14O3/c1-6(9)4-5-7(10)8(2)3;1-4-5-6(8)7(2)3;1-7-4-6(9-3)5-8-2/h4-5H2,1-3H3;4-5H2,1-3H3;6H,4-5H2,1-3H3. The van der Waals surface area contributed by atoms with Crippen molar-refractivity contribution in [2.75, 3.05) is 62.7 Å². The second-order valence-corrected chi connectivity index (χ2v) is 6.30. The predicted molar refractivity (Wildman–Crippen MR) is 107 cm³/mol. The van der Waals surface area contributed by atoms with Gasteiger partial charge in [-0.3, -0.25) is 9.59 Å². The van der Waals surface area contributed by atoms with Gasteiger partial charge < -0.3 is 28.8 Å². The summed E-state index contributed by atoms with van der Waals surface area (Å²) < 4.78 is 14.7. The van der Waals surface area contributed by atoms with Gasteiger partial charge in [0.1, 0.15) is 11.9 Å². The predicted octanol–water partition coefficient (Wildman–Crippen LogP) is 1.61. The summed E-state index contributed by atoms with van der Waals surface area (Å²) >= 11 is 0. The van der Waals surface area contributed by atoms with Crippen LogP contribution < -0.4 is 0 Å². The van der Waals surface area contributed by atoms with Gasteiger partial charge >= 0.3 is 0 Å². The minimum absolute atomic E-state index is 0.00944. The van der Waals surface area contributed by atoms with Crippen molar-refractivity contribution in [1.29, 1.82) is 0 Å². The number of carbonyl (C=O) groups excluding carboxylic acids is 3. The molecule has 0 aliphatic heterocycles. The summed E-state index contributed by atoms with van der Waals surface area (Å²) in [5.41, 5.74) is 0. The molecule has 162 valence electrons. The summed E-state index contributed by atoms with van der Waals surface area (Å²) in [6.45, 7) is 4.67. The van der Waals surface area contributed by atoms with Crippen LogP contribution in [0.3, 0.4) is 0 Å². The molecule has 27 heavy (non-hydrogen) atoms. The zero-order valence-corrected chi connectivity index (χ0v) is 18.7. The normalized spacial score (nSPS) is 9.56. The van der Waals surface area contributed by atoms with Crippen molar-refractivity contribution in [3.63, 3.8) is 0 Å². The quantitative estimate of drug-likeness (QED) is 0.561. The number of rotatable bonds is 10. The second kappa shape index (κ2) is 20.8. The van der Waals surface area contributed by atoms with Gasteiger partial charge in [0.05, 0.1) is 13.2 Å². The summed E-state index contributed by atoms with van der Waals surface area (Å²) in [4.78, 5) is 35.0. The minimum atomic E-state index is 0.00944. The molecule has 8 heteroatoms. The van der Waals surface area contributed by atoms with Crippen LogP contribution in [0.5, 0.6) is 0 Å². The zero-order valence-electron chi connectivity index (χ0n) is 18.7. The maximum Gasteiger partial charge on any atom is 0.222 e. The van der Waals surface area contributed by atoms with Crippen LogP contribution in [0.2, 0.25) is 0 Å². The second-order valence-electron chi connectivity index (χ2n) is 6.30. The van der Waals surface area contributed by atoms with Gasteiger partial charge in [-0.1, -0.05) is 6.92 Å². The summed E-state index contributed by atoms with van der Waals surface area (Å²) in [6, 6.07) is 0. The average molecular weight is 393 g/mol. The van der Waals surface area contributed by atoms with E-state index in [0.717, 1.165) is 6.42 Å². The fourth-order valence-electron chi connectivity index (χ4n) is 1.50. The van der Waals surface area contributed by atoms with E-state index in [1.54, 1.807) is 54.4 Å². The molecule has 0 aliphatic rings. The molecule has 0 fully saturated rings. The number of hydrogen-bond acceptors (Lipinski definition) is 6. The van der Waals surface area contributed by atoms with E-state index < -0.39 is 0 Å². The van der Waals surface area contributed by atoms with E-state index in [1.165, 1.54) is 11.8 Å². The van der Waals surface area contributed by atoms with Gasteiger partial charge in [0.2, 0.25) is 11.8 Å². The molecular weight excluding hydrogens is 352 g/mol. The van der Waals surface area contributed by atoms with Gasteiger partial charge in [-0.2, -0.15) is 0 Å². The van der Waals surface area contributed by atoms with Gasteiger partial charge in [0, 0.05) is 68.8 Å². The van der Waals surface area contributed by atoms with Crippen LogP contribution in [0.15, 0.2) is 0 Å².